The zero-order chi connectivity index (χ0) is 19.1. The van der Waals surface area contributed by atoms with E-state index in [-0.39, 0.29) is 5.82 Å². The van der Waals surface area contributed by atoms with E-state index in [9.17, 15) is 4.39 Å². The fraction of sp³-hybridized carbons (Fsp3) is 0.348. The average Bonchev–Trinajstić information content (AvgIpc) is 3.17. The Morgan fingerprint density at radius 1 is 1.04 bits per heavy atom. The number of nitrogens with zero attached hydrogens (tertiary/aromatic N) is 4. The quantitative estimate of drug-likeness (QED) is 0.476. The van der Waals surface area contributed by atoms with Crippen molar-refractivity contribution in [3.05, 3.63) is 72.1 Å². The number of aromatic nitrogens is 4. The van der Waals surface area contributed by atoms with E-state index in [1.54, 1.807) is 12.1 Å². The predicted molar refractivity (Wildman–Crippen MR) is 108 cm³/mol. The molecular formula is C23H23FN4. The highest BCUT2D eigenvalue weighted by atomic mass is 19.1. The van der Waals surface area contributed by atoms with Gasteiger partial charge in [-0.15, -0.1) is 10.2 Å². The molecule has 0 bridgehead atoms. The first kappa shape index (κ1) is 17.3. The lowest BCUT2D eigenvalue weighted by atomic mass is 9.73. The number of hydrogen-bond acceptors (Lipinski definition) is 3. The van der Waals surface area contributed by atoms with Gasteiger partial charge in [0.25, 0.3) is 0 Å². The topological polar surface area (TPSA) is 43.1 Å². The van der Waals surface area contributed by atoms with Crippen LogP contribution in [0.1, 0.15) is 55.8 Å². The smallest absolute Gasteiger partial charge is 0.160 e. The lowest BCUT2D eigenvalue weighted by molar-refractivity contribution is 0.285. The summed E-state index contributed by atoms with van der Waals surface area (Å²) in [6.07, 6.45) is 8.42. The van der Waals surface area contributed by atoms with E-state index in [1.165, 1.54) is 11.6 Å². The molecule has 1 saturated carbocycles. The summed E-state index contributed by atoms with van der Waals surface area (Å²) in [6, 6.07) is 13.0. The molecule has 5 heteroatoms. The molecule has 5 rings (SSSR count). The molecule has 0 saturated heterocycles. The van der Waals surface area contributed by atoms with Gasteiger partial charge < -0.3 is 0 Å². The summed E-state index contributed by atoms with van der Waals surface area (Å²) >= 11 is 0. The molecule has 28 heavy (non-hydrogen) atoms. The Labute approximate surface area is 163 Å². The zero-order valence-corrected chi connectivity index (χ0v) is 15.9. The van der Waals surface area contributed by atoms with Gasteiger partial charge in [0.2, 0.25) is 0 Å². The van der Waals surface area contributed by atoms with Crippen molar-refractivity contribution in [1.82, 2.24) is 19.6 Å². The van der Waals surface area contributed by atoms with Gasteiger partial charge in [-0.1, -0.05) is 13.0 Å². The van der Waals surface area contributed by atoms with Crippen LogP contribution in [-0.4, -0.2) is 19.6 Å². The SMILES string of the molecule is C[C@@H](c1nnc2ccccn12)[C@H]1CC[C@@H](c2ccnc3ccc(F)cc32)CC1. The average molecular weight is 374 g/mol. The van der Waals surface area contributed by atoms with Crippen LogP contribution in [0.15, 0.2) is 54.9 Å². The van der Waals surface area contributed by atoms with Crippen molar-refractivity contribution in [1.29, 1.82) is 0 Å². The Hall–Kier alpha value is -2.82. The standard InChI is InChI=1S/C23H23FN4/c1-15(23-27-26-22-4-2-3-13-28(22)23)16-5-7-17(8-6-16)19-11-12-25-21-10-9-18(24)14-20(19)21/h2-4,9-17H,5-8H2,1H3/t15-,16-,17+/m1/s1. The number of benzene rings is 1. The second-order valence-corrected chi connectivity index (χ2v) is 7.95. The minimum Gasteiger partial charge on any atom is -0.286 e. The number of fused-ring (bicyclic) bond motifs is 2. The molecule has 0 aliphatic heterocycles. The predicted octanol–water partition coefficient (Wildman–Crippen LogP) is 5.49. The van der Waals surface area contributed by atoms with Gasteiger partial charge in [0.1, 0.15) is 11.6 Å². The number of pyridine rings is 2. The molecule has 142 valence electrons. The van der Waals surface area contributed by atoms with Gasteiger partial charge in [0, 0.05) is 23.7 Å². The molecule has 0 unspecified atom stereocenters. The molecule has 1 aliphatic carbocycles. The summed E-state index contributed by atoms with van der Waals surface area (Å²) in [6.45, 7) is 2.27. The third-order valence-corrected chi connectivity index (χ3v) is 6.40. The Balaban J connectivity index is 1.36. The first-order valence-electron chi connectivity index (χ1n) is 10.0. The van der Waals surface area contributed by atoms with Gasteiger partial charge in [0.05, 0.1) is 5.52 Å². The van der Waals surface area contributed by atoms with Crippen LogP contribution in [0.3, 0.4) is 0 Å². The third kappa shape index (κ3) is 2.95. The van der Waals surface area contributed by atoms with Crippen molar-refractivity contribution in [3.8, 4) is 0 Å². The minimum atomic E-state index is -0.192. The molecule has 3 aromatic heterocycles. The minimum absolute atomic E-state index is 0.192. The molecule has 3 heterocycles. The third-order valence-electron chi connectivity index (χ3n) is 6.40. The fourth-order valence-electron chi connectivity index (χ4n) is 4.81. The molecule has 4 aromatic rings. The Morgan fingerprint density at radius 3 is 2.75 bits per heavy atom. The summed E-state index contributed by atoms with van der Waals surface area (Å²) < 4.78 is 15.9. The molecule has 0 amide bonds. The van der Waals surface area contributed by atoms with Crippen molar-refractivity contribution >= 4 is 16.6 Å². The number of hydrogen-bond donors (Lipinski definition) is 0. The van der Waals surface area contributed by atoms with Crippen LogP contribution in [0.25, 0.3) is 16.6 Å². The molecule has 1 aromatic carbocycles. The van der Waals surface area contributed by atoms with E-state index in [0.717, 1.165) is 48.1 Å². The largest absolute Gasteiger partial charge is 0.286 e. The van der Waals surface area contributed by atoms with Crippen LogP contribution < -0.4 is 0 Å². The maximum absolute atomic E-state index is 13.8. The van der Waals surface area contributed by atoms with Gasteiger partial charge >= 0.3 is 0 Å². The highest BCUT2D eigenvalue weighted by Crippen LogP contribution is 2.42. The first-order chi connectivity index (χ1) is 13.7. The van der Waals surface area contributed by atoms with Gasteiger partial charge in [-0.05, 0) is 79.5 Å². The van der Waals surface area contributed by atoms with Crippen LogP contribution in [0.5, 0.6) is 0 Å². The summed E-state index contributed by atoms with van der Waals surface area (Å²) in [5.74, 6) is 2.28. The van der Waals surface area contributed by atoms with Gasteiger partial charge in [-0.3, -0.25) is 9.38 Å². The second-order valence-electron chi connectivity index (χ2n) is 7.95. The summed E-state index contributed by atoms with van der Waals surface area (Å²) in [5.41, 5.74) is 3.02. The number of rotatable bonds is 3. The lowest BCUT2D eigenvalue weighted by Gasteiger charge is -2.32. The van der Waals surface area contributed by atoms with Crippen molar-refractivity contribution < 1.29 is 4.39 Å². The van der Waals surface area contributed by atoms with Crippen LogP contribution in [0.4, 0.5) is 4.39 Å². The Bertz CT molecular complexity index is 1130. The molecule has 1 fully saturated rings. The van der Waals surface area contributed by atoms with Crippen LogP contribution in [-0.2, 0) is 0 Å². The summed E-state index contributed by atoms with van der Waals surface area (Å²) in [5, 5.41) is 9.73. The van der Waals surface area contributed by atoms with Gasteiger partial charge in [0.15, 0.2) is 5.65 Å². The van der Waals surface area contributed by atoms with Gasteiger partial charge in [-0.2, -0.15) is 0 Å². The van der Waals surface area contributed by atoms with E-state index < -0.39 is 0 Å². The highest BCUT2D eigenvalue weighted by molar-refractivity contribution is 5.82. The van der Waals surface area contributed by atoms with E-state index >= 15 is 0 Å². The van der Waals surface area contributed by atoms with Crippen molar-refractivity contribution in [2.75, 3.05) is 0 Å². The Kier molecular flexibility index (Phi) is 4.30. The molecule has 0 spiro atoms. The van der Waals surface area contributed by atoms with E-state index in [1.807, 2.05) is 30.6 Å². The normalized spacial score (nSPS) is 21.2. The van der Waals surface area contributed by atoms with Gasteiger partial charge in [-0.25, -0.2) is 4.39 Å². The van der Waals surface area contributed by atoms with Crippen molar-refractivity contribution in [2.45, 2.75) is 44.4 Å². The number of halogens is 1. The monoisotopic (exact) mass is 374 g/mol. The Morgan fingerprint density at radius 2 is 1.89 bits per heavy atom. The summed E-state index contributed by atoms with van der Waals surface area (Å²) in [4.78, 5) is 4.40. The molecule has 1 atom stereocenters. The van der Waals surface area contributed by atoms with Crippen LogP contribution >= 0.6 is 0 Å². The molecule has 1 aliphatic rings. The van der Waals surface area contributed by atoms with Crippen LogP contribution in [0, 0.1) is 11.7 Å². The fourth-order valence-corrected chi connectivity index (χ4v) is 4.81. The van der Waals surface area contributed by atoms with Crippen molar-refractivity contribution in [2.24, 2.45) is 5.92 Å². The summed E-state index contributed by atoms with van der Waals surface area (Å²) in [7, 11) is 0. The van der Waals surface area contributed by atoms with E-state index in [0.29, 0.717) is 17.8 Å². The maximum Gasteiger partial charge on any atom is 0.160 e. The van der Waals surface area contributed by atoms with E-state index in [2.05, 4.69) is 32.6 Å². The first-order valence-corrected chi connectivity index (χ1v) is 10.0. The lowest BCUT2D eigenvalue weighted by Crippen LogP contribution is -2.20. The molecule has 0 radical (unpaired) electrons. The molecule has 4 nitrogen and oxygen atoms in total. The second kappa shape index (κ2) is 6.97. The zero-order valence-electron chi connectivity index (χ0n) is 15.9. The van der Waals surface area contributed by atoms with Crippen LogP contribution in [0.2, 0.25) is 0 Å². The van der Waals surface area contributed by atoms with Crippen molar-refractivity contribution in [3.63, 3.8) is 0 Å². The highest BCUT2D eigenvalue weighted by Gasteiger charge is 2.29. The van der Waals surface area contributed by atoms with E-state index in [4.69, 9.17) is 0 Å². The maximum atomic E-state index is 13.8. The molecule has 0 N–H and O–H groups in total. The molecular weight excluding hydrogens is 351 g/mol.